The molecule has 0 aliphatic carbocycles. The number of benzene rings is 1. The summed E-state index contributed by atoms with van der Waals surface area (Å²) in [6, 6.07) is 11.3. The molecule has 0 radical (unpaired) electrons. The quantitative estimate of drug-likeness (QED) is 0.623. The van der Waals surface area contributed by atoms with Crippen molar-refractivity contribution in [2.75, 3.05) is 20.1 Å². The minimum absolute atomic E-state index is 0.293. The predicted molar refractivity (Wildman–Crippen MR) is 99.3 cm³/mol. The van der Waals surface area contributed by atoms with Crippen molar-refractivity contribution in [1.29, 1.82) is 0 Å². The zero-order chi connectivity index (χ0) is 17.5. The number of hydrogen-bond donors (Lipinski definition) is 2. The molecule has 1 aromatic carbocycles. The molecule has 1 unspecified atom stereocenters. The van der Waals surface area contributed by atoms with Crippen LogP contribution in [0.25, 0.3) is 0 Å². The van der Waals surface area contributed by atoms with Crippen molar-refractivity contribution in [3.05, 3.63) is 58.9 Å². The van der Waals surface area contributed by atoms with Crippen molar-refractivity contribution < 1.29 is 5.11 Å². The number of aliphatic hydroxyl groups is 1. The third kappa shape index (κ3) is 5.01. The topological polar surface area (TPSA) is 52.8 Å². The van der Waals surface area contributed by atoms with Gasteiger partial charge in [-0.15, -0.1) is 0 Å². The van der Waals surface area contributed by atoms with Gasteiger partial charge in [0.2, 0.25) is 0 Å². The number of nitrogens with one attached hydrogen (secondary N) is 1. The number of aliphatic hydroxyl groups excluding tert-OH is 1. The summed E-state index contributed by atoms with van der Waals surface area (Å²) in [4.78, 5) is 6.61. The van der Waals surface area contributed by atoms with Crippen LogP contribution in [0, 0.1) is 0 Å². The zero-order valence-electron chi connectivity index (χ0n) is 14.4. The number of nitrogens with zero attached hydrogens (tertiary/aromatic N) is 3. The summed E-state index contributed by atoms with van der Waals surface area (Å²) in [5, 5.41) is 14.2. The lowest BCUT2D eigenvalue weighted by molar-refractivity contribution is 0.186. The summed E-state index contributed by atoms with van der Waals surface area (Å²) >= 11 is 5.88. The summed E-state index contributed by atoms with van der Waals surface area (Å²) in [6.45, 7) is 3.84. The molecule has 24 heavy (non-hydrogen) atoms. The molecule has 0 spiro atoms. The molecule has 0 bridgehead atoms. The van der Waals surface area contributed by atoms with E-state index in [-0.39, 0.29) is 0 Å². The lowest BCUT2D eigenvalue weighted by atomic mass is 10.1. The normalized spacial score (nSPS) is 13.0. The van der Waals surface area contributed by atoms with E-state index in [1.807, 2.05) is 50.3 Å². The summed E-state index contributed by atoms with van der Waals surface area (Å²) in [5.41, 5.74) is 2.01. The van der Waals surface area contributed by atoms with Crippen molar-refractivity contribution in [2.45, 2.75) is 19.6 Å². The van der Waals surface area contributed by atoms with Gasteiger partial charge in [-0.3, -0.25) is 4.99 Å². The molecule has 0 amide bonds. The number of aryl methyl sites for hydroxylation is 1. The molecule has 2 aromatic rings. The molecule has 6 heteroatoms. The van der Waals surface area contributed by atoms with Crippen LogP contribution in [0.15, 0.2) is 47.6 Å². The fourth-order valence-electron chi connectivity index (χ4n) is 2.41. The second-order valence-corrected chi connectivity index (χ2v) is 6.16. The van der Waals surface area contributed by atoms with Gasteiger partial charge in [0.1, 0.15) is 0 Å². The maximum atomic E-state index is 10.3. The molecule has 0 saturated carbocycles. The molecule has 0 saturated heterocycles. The molecule has 0 fully saturated rings. The standard InChI is InChI=1S/C18H25ClN4O/c1-4-20-18(23(3)13-16-6-5-11-22(16)2)21-12-17(24)14-7-9-15(19)10-8-14/h5-11,17,24H,4,12-13H2,1-3H3,(H,20,21). The minimum Gasteiger partial charge on any atom is -0.386 e. The summed E-state index contributed by atoms with van der Waals surface area (Å²) < 4.78 is 2.09. The Morgan fingerprint density at radius 1 is 1.33 bits per heavy atom. The van der Waals surface area contributed by atoms with E-state index in [1.165, 1.54) is 5.69 Å². The van der Waals surface area contributed by atoms with E-state index in [4.69, 9.17) is 11.6 Å². The number of aromatic nitrogens is 1. The average molecular weight is 349 g/mol. The fraction of sp³-hybridized carbons (Fsp3) is 0.389. The molecule has 2 N–H and O–H groups in total. The highest BCUT2D eigenvalue weighted by molar-refractivity contribution is 6.30. The maximum absolute atomic E-state index is 10.3. The van der Waals surface area contributed by atoms with E-state index in [0.717, 1.165) is 24.6 Å². The Morgan fingerprint density at radius 3 is 2.62 bits per heavy atom. The molecule has 2 rings (SSSR count). The smallest absolute Gasteiger partial charge is 0.194 e. The van der Waals surface area contributed by atoms with Gasteiger partial charge >= 0.3 is 0 Å². The van der Waals surface area contributed by atoms with Gasteiger partial charge in [0.05, 0.1) is 19.2 Å². The second kappa shape index (κ2) is 8.76. The van der Waals surface area contributed by atoms with E-state index in [0.29, 0.717) is 11.6 Å². The number of hydrogen-bond acceptors (Lipinski definition) is 2. The maximum Gasteiger partial charge on any atom is 0.194 e. The van der Waals surface area contributed by atoms with Crippen LogP contribution < -0.4 is 5.32 Å². The second-order valence-electron chi connectivity index (χ2n) is 5.73. The van der Waals surface area contributed by atoms with Crippen LogP contribution >= 0.6 is 11.6 Å². The van der Waals surface area contributed by atoms with Crippen molar-refractivity contribution in [3.63, 3.8) is 0 Å². The summed E-state index contributed by atoms with van der Waals surface area (Å²) in [7, 11) is 4.01. The van der Waals surface area contributed by atoms with Crippen molar-refractivity contribution in [2.24, 2.45) is 12.0 Å². The Balaban J connectivity index is 2.03. The Bertz CT molecular complexity index is 666. The third-order valence-electron chi connectivity index (χ3n) is 3.82. The molecule has 1 heterocycles. The molecule has 5 nitrogen and oxygen atoms in total. The first-order valence-corrected chi connectivity index (χ1v) is 8.42. The van der Waals surface area contributed by atoms with Gasteiger partial charge in [-0.25, -0.2) is 0 Å². The minimum atomic E-state index is -0.653. The van der Waals surface area contributed by atoms with Gasteiger partial charge in [-0.1, -0.05) is 23.7 Å². The number of aliphatic imine (C=N–C) groups is 1. The summed E-state index contributed by atoms with van der Waals surface area (Å²) in [6.07, 6.45) is 1.37. The Labute approximate surface area is 148 Å². The van der Waals surface area contributed by atoms with Gasteiger partial charge in [0.25, 0.3) is 0 Å². The van der Waals surface area contributed by atoms with Crippen molar-refractivity contribution in [1.82, 2.24) is 14.8 Å². The van der Waals surface area contributed by atoms with E-state index < -0.39 is 6.10 Å². The Hall–Kier alpha value is -1.98. The monoisotopic (exact) mass is 348 g/mol. The molecular weight excluding hydrogens is 324 g/mol. The van der Waals surface area contributed by atoms with Crippen molar-refractivity contribution >= 4 is 17.6 Å². The van der Waals surface area contributed by atoms with Gasteiger partial charge in [-0.2, -0.15) is 0 Å². The number of guanidine groups is 1. The molecule has 1 atom stereocenters. The molecule has 1 aromatic heterocycles. The fourth-order valence-corrected chi connectivity index (χ4v) is 2.54. The van der Waals surface area contributed by atoms with E-state index in [2.05, 4.69) is 20.9 Å². The van der Waals surface area contributed by atoms with Crippen LogP contribution in [0.2, 0.25) is 5.02 Å². The molecule has 130 valence electrons. The van der Waals surface area contributed by atoms with Crippen LogP contribution in [-0.4, -0.2) is 40.7 Å². The van der Waals surface area contributed by atoms with E-state index in [1.54, 1.807) is 12.1 Å². The highest BCUT2D eigenvalue weighted by Crippen LogP contribution is 2.16. The van der Waals surface area contributed by atoms with Crippen LogP contribution in [-0.2, 0) is 13.6 Å². The van der Waals surface area contributed by atoms with Crippen LogP contribution in [0.5, 0.6) is 0 Å². The largest absolute Gasteiger partial charge is 0.386 e. The van der Waals surface area contributed by atoms with Crippen LogP contribution in [0.3, 0.4) is 0 Å². The number of rotatable bonds is 6. The van der Waals surface area contributed by atoms with Gasteiger partial charge < -0.3 is 19.9 Å². The van der Waals surface area contributed by atoms with Crippen LogP contribution in [0.1, 0.15) is 24.3 Å². The first-order chi connectivity index (χ1) is 11.5. The molecule has 0 aliphatic heterocycles. The highest BCUT2D eigenvalue weighted by Gasteiger charge is 2.11. The van der Waals surface area contributed by atoms with Crippen LogP contribution in [0.4, 0.5) is 0 Å². The third-order valence-corrected chi connectivity index (χ3v) is 4.07. The van der Waals surface area contributed by atoms with Crippen molar-refractivity contribution in [3.8, 4) is 0 Å². The van der Waals surface area contributed by atoms with Gasteiger partial charge in [0.15, 0.2) is 5.96 Å². The molecular formula is C18H25ClN4O. The molecule has 0 aliphatic rings. The van der Waals surface area contributed by atoms with E-state index in [9.17, 15) is 5.11 Å². The van der Waals surface area contributed by atoms with E-state index >= 15 is 0 Å². The lowest BCUT2D eigenvalue weighted by Crippen LogP contribution is -2.39. The highest BCUT2D eigenvalue weighted by atomic mass is 35.5. The zero-order valence-corrected chi connectivity index (χ0v) is 15.2. The first kappa shape index (κ1) is 18.4. The Morgan fingerprint density at radius 2 is 2.04 bits per heavy atom. The van der Waals surface area contributed by atoms with Gasteiger partial charge in [-0.05, 0) is 36.8 Å². The lowest BCUT2D eigenvalue weighted by Gasteiger charge is -2.23. The Kier molecular flexibility index (Phi) is 6.70. The van der Waals surface area contributed by atoms with Gasteiger partial charge in [0, 0.05) is 37.6 Å². The predicted octanol–water partition coefficient (Wildman–Crippen LogP) is 2.81. The first-order valence-electron chi connectivity index (χ1n) is 8.04. The summed E-state index contributed by atoms with van der Waals surface area (Å²) in [5.74, 6) is 0.770. The average Bonchev–Trinajstić information content (AvgIpc) is 2.96. The SMILES string of the molecule is CCNC(=NCC(O)c1ccc(Cl)cc1)N(C)Cc1cccn1C. The number of halogens is 1.